The van der Waals surface area contributed by atoms with Crippen molar-refractivity contribution in [3.05, 3.63) is 11.1 Å². The summed E-state index contributed by atoms with van der Waals surface area (Å²) in [6.07, 6.45) is 1.54. The summed E-state index contributed by atoms with van der Waals surface area (Å²) in [7, 11) is 0. The highest BCUT2D eigenvalue weighted by molar-refractivity contribution is 7.15. The Balaban J connectivity index is 1.79. The molecule has 1 fully saturated rings. The summed E-state index contributed by atoms with van der Waals surface area (Å²) in [4.78, 5) is 32.3. The lowest BCUT2D eigenvalue weighted by Gasteiger charge is -2.35. The first-order chi connectivity index (χ1) is 10.7. The fourth-order valence-corrected chi connectivity index (χ4v) is 3.13. The Morgan fingerprint density at radius 1 is 1.30 bits per heavy atom. The summed E-state index contributed by atoms with van der Waals surface area (Å²) in [5.74, 6) is -0.114. The average molecular weight is 340 g/mol. The number of ether oxygens (including phenoxy) is 1. The molecule has 128 valence electrons. The maximum absolute atomic E-state index is 12.0. The lowest BCUT2D eigenvalue weighted by molar-refractivity contribution is -0.114. The van der Waals surface area contributed by atoms with E-state index < -0.39 is 5.60 Å². The molecule has 0 spiro atoms. The highest BCUT2D eigenvalue weighted by atomic mass is 32.1. The number of hydrogen-bond acceptors (Lipinski definition) is 6. The van der Waals surface area contributed by atoms with E-state index in [2.05, 4.69) is 15.2 Å². The predicted molar refractivity (Wildman–Crippen MR) is 89.5 cm³/mol. The molecule has 8 heteroatoms. The minimum atomic E-state index is -0.461. The van der Waals surface area contributed by atoms with E-state index >= 15 is 0 Å². The number of nitrogens with zero attached hydrogens (tertiary/aromatic N) is 3. The molecule has 23 heavy (non-hydrogen) atoms. The number of aromatic nitrogens is 1. The molecule has 0 unspecified atom stereocenters. The van der Waals surface area contributed by atoms with Gasteiger partial charge in [-0.25, -0.2) is 9.78 Å². The van der Waals surface area contributed by atoms with Crippen LogP contribution in [0.25, 0.3) is 0 Å². The summed E-state index contributed by atoms with van der Waals surface area (Å²) >= 11 is 1.48. The molecule has 2 heterocycles. The minimum absolute atomic E-state index is 0.114. The Morgan fingerprint density at radius 3 is 2.52 bits per heavy atom. The SMILES string of the molecule is CC(=O)Nc1ncc(CN2CCN(C(=O)OC(C)(C)C)CC2)s1. The van der Waals surface area contributed by atoms with E-state index in [1.165, 1.54) is 18.3 Å². The van der Waals surface area contributed by atoms with Gasteiger partial charge in [-0.1, -0.05) is 0 Å². The van der Waals surface area contributed by atoms with Crippen LogP contribution < -0.4 is 5.32 Å². The lowest BCUT2D eigenvalue weighted by atomic mass is 10.2. The molecular weight excluding hydrogens is 316 g/mol. The van der Waals surface area contributed by atoms with Gasteiger partial charge in [0.05, 0.1) is 0 Å². The van der Waals surface area contributed by atoms with Crippen molar-refractivity contribution >= 4 is 28.5 Å². The molecule has 0 aromatic carbocycles. The molecule has 1 saturated heterocycles. The van der Waals surface area contributed by atoms with Crippen molar-refractivity contribution in [2.45, 2.75) is 39.8 Å². The number of thiazole rings is 1. The van der Waals surface area contributed by atoms with Crippen molar-refractivity contribution in [1.29, 1.82) is 0 Å². The Labute approximate surface area is 140 Å². The number of carbonyl (C=O) groups excluding carboxylic acids is 2. The van der Waals surface area contributed by atoms with Gasteiger partial charge in [0.15, 0.2) is 5.13 Å². The Kier molecular flexibility index (Phi) is 5.59. The van der Waals surface area contributed by atoms with Gasteiger partial charge in [-0.05, 0) is 20.8 Å². The summed E-state index contributed by atoms with van der Waals surface area (Å²) in [5, 5.41) is 3.31. The van der Waals surface area contributed by atoms with Crippen LogP contribution in [0.3, 0.4) is 0 Å². The first-order valence-electron chi connectivity index (χ1n) is 7.65. The fourth-order valence-electron chi connectivity index (χ4n) is 2.22. The highest BCUT2D eigenvalue weighted by Gasteiger charge is 2.26. The molecule has 1 aliphatic rings. The third-order valence-corrected chi connectivity index (χ3v) is 4.14. The van der Waals surface area contributed by atoms with E-state index in [1.807, 2.05) is 20.8 Å². The second-order valence-corrected chi connectivity index (χ2v) is 7.67. The van der Waals surface area contributed by atoms with E-state index in [4.69, 9.17) is 4.74 Å². The van der Waals surface area contributed by atoms with Crippen LogP contribution in [0.5, 0.6) is 0 Å². The van der Waals surface area contributed by atoms with E-state index in [1.54, 1.807) is 11.1 Å². The largest absolute Gasteiger partial charge is 0.444 e. The normalized spacial score (nSPS) is 16.3. The van der Waals surface area contributed by atoms with Gasteiger partial charge in [0.2, 0.25) is 5.91 Å². The van der Waals surface area contributed by atoms with Gasteiger partial charge in [-0.3, -0.25) is 9.69 Å². The van der Waals surface area contributed by atoms with Crippen molar-refractivity contribution in [3.8, 4) is 0 Å². The Hall–Kier alpha value is -1.67. The number of nitrogens with one attached hydrogen (secondary N) is 1. The number of rotatable bonds is 3. The Bertz CT molecular complexity index is 559. The molecule has 1 aromatic rings. The summed E-state index contributed by atoms with van der Waals surface area (Å²) in [6.45, 7) is 10.8. The zero-order valence-corrected chi connectivity index (χ0v) is 14.9. The summed E-state index contributed by atoms with van der Waals surface area (Å²) in [5.41, 5.74) is -0.461. The van der Waals surface area contributed by atoms with E-state index in [-0.39, 0.29) is 12.0 Å². The molecule has 2 rings (SSSR count). The van der Waals surface area contributed by atoms with Crippen molar-refractivity contribution < 1.29 is 14.3 Å². The maximum Gasteiger partial charge on any atom is 0.410 e. The molecular formula is C15H24N4O3S. The van der Waals surface area contributed by atoms with E-state index in [9.17, 15) is 9.59 Å². The molecule has 2 amide bonds. The number of carbonyl (C=O) groups is 2. The van der Waals surface area contributed by atoms with Gasteiger partial charge in [-0.15, -0.1) is 11.3 Å². The third-order valence-electron chi connectivity index (χ3n) is 3.24. The van der Waals surface area contributed by atoms with Crippen LogP contribution in [-0.2, 0) is 16.1 Å². The van der Waals surface area contributed by atoms with Gasteiger partial charge in [-0.2, -0.15) is 0 Å². The van der Waals surface area contributed by atoms with Crippen LogP contribution in [0.1, 0.15) is 32.6 Å². The molecule has 0 bridgehead atoms. The van der Waals surface area contributed by atoms with Gasteiger partial charge in [0.1, 0.15) is 5.60 Å². The van der Waals surface area contributed by atoms with Crippen LogP contribution in [0.2, 0.25) is 0 Å². The molecule has 0 saturated carbocycles. The third kappa shape index (κ3) is 5.80. The number of amides is 2. The average Bonchev–Trinajstić information content (AvgIpc) is 2.84. The van der Waals surface area contributed by atoms with Crippen LogP contribution in [0, 0.1) is 0 Å². The van der Waals surface area contributed by atoms with E-state index in [0.717, 1.165) is 24.5 Å². The van der Waals surface area contributed by atoms with Gasteiger partial charge < -0.3 is 15.0 Å². The van der Waals surface area contributed by atoms with Gasteiger partial charge in [0, 0.05) is 50.7 Å². The van der Waals surface area contributed by atoms with Crippen molar-refractivity contribution in [2.75, 3.05) is 31.5 Å². The van der Waals surface area contributed by atoms with Gasteiger partial charge >= 0.3 is 6.09 Å². The lowest BCUT2D eigenvalue weighted by Crippen LogP contribution is -2.49. The number of piperazine rings is 1. The molecule has 0 aliphatic carbocycles. The molecule has 1 N–H and O–H groups in total. The van der Waals surface area contributed by atoms with Crippen molar-refractivity contribution in [2.24, 2.45) is 0 Å². The molecule has 1 aliphatic heterocycles. The van der Waals surface area contributed by atoms with E-state index in [0.29, 0.717) is 18.2 Å². The number of anilines is 1. The standard InChI is InChI=1S/C15H24N4O3S/c1-11(20)17-13-16-9-12(23-13)10-18-5-7-19(8-6-18)14(21)22-15(2,3)4/h9H,5-8,10H2,1-4H3,(H,16,17,20). The fraction of sp³-hybridized carbons (Fsp3) is 0.667. The molecule has 1 aromatic heterocycles. The maximum atomic E-state index is 12.0. The smallest absolute Gasteiger partial charge is 0.410 e. The van der Waals surface area contributed by atoms with Crippen LogP contribution in [-0.4, -0.2) is 58.6 Å². The quantitative estimate of drug-likeness (QED) is 0.912. The van der Waals surface area contributed by atoms with Crippen LogP contribution in [0.4, 0.5) is 9.93 Å². The topological polar surface area (TPSA) is 74.8 Å². The zero-order valence-electron chi connectivity index (χ0n) is 14.1. The molecule has 0 radical (unpaired) electrons. The van der Waals surface area contributed by atoms with Crippen LogP contribution in [0.15, 0.2) is 6.20 Å². The second-order valence-electron chi connectivity index (χ2n) is 6.56. The minimum Gasteiger partial charge on any atom is -0.444 e. The summed E-state index contributed by atoms with van der Waals surface area (Å²) in [6, 6.07) is 0. The van der Waals surface area contributed by atoms with Gasteiger partial charge in [0.25, 0.3) is 0 Å². The first-order valence-corrected chi connectivity index (χ1v) is 8.47. The highest BCUT2D eigenvalue weighted by Crippen LogP contribution is 2.20. The number of hydrogen-bond donors (Lipinski definition) is 1. The zero-order chi connectivity index (χ0) is 17.0. The first kappa shape index (κ1) is 17.7. The van der Waals surface area contributed by atoms with Crippen molar-refractivity contribution in [1.82, 2.24) is 14.8 Å². The van der Waals surface area contributed by atoms with Crippen molar-refractivity contribution in [3.63, 3.8) is 0 Å². The Morgan fingerprint density at radius 2 is 1.96 bits per heavy atom. The molecule has 0 atom stereocenters. The summed E-state index contributed by atoms with van der Waals surface area (Å²) < 4.78 is 5.39. The second kappa shape index (κ2) is 7.27. The monoisotopic (exact) mass is 340 g/mol. The van der Waals surface area contributed by atoms with Crippen LogP contribution >= 0.6 is 11.3 Å². The predicted octanol–water partition coefficient (Wildman–Crippen LogP) is 2.15. The molecule has 7 nitrogen and oxygen atoms in total.